The van der Waals surface area contributed by atoms with Gasteiger partial charge in [-0.1, -0.05) is 12.1 Å². The molecule has 0 radical (unpaired) electrons. The fourth-order valence-electron chi connectivity index (χ4n) is 2.36. The van der Waals surface area contributed by atoms with Crippen LogP contribution in [0.4, 0.5) is 0 Å². The van der Waals surface area contributed by atoms with E-state index in [0.717, 1.165) is 10.5 Å². The number of rotatable bonds is 6. The van der Waals surface area contributed by atoms with Gasteiger partial charge in [-0.2, -0.15) is 0 Å². The Hall–Kier alpha value is -1.79. The summed E-state index contributed by atoms with van der Waals surface area (Å²) in [5.41, 5.74) is 6.89. The van der Waals surface area contributed by atoms with Gasteiger partial charge >= 0.3 is 0 Å². The average Bonchev–Trinajstić information content (AvgIpc) is 2.84. The third-order valence-electron chi connectivity index (χ3n) is 3.40. The van der Waals surface area contributed by atoms with Gasteiger partial charge < -0.3 is 11.1 Å². The van der Waals surface area contributed by atoms with Crippen molar-refractivity contribution in [3.8, 4) is 0 Å². The number of nitrogens with two attached hydrogens (primary N) is 1. The fraction of sp³-hybridized carbons (Fsp3) is 0.294. The molecule has 4 nitrogen and oxygen atoms in total. The summed E-state index contributed by atoms with van der Waals surface area (Å²) in [5, 5.41) is 3.03. The Balaban J connectivity index is 2.14. The summed E-state index contributed by atoms with van der Waals surface area (Å²) in [7, 11) is 0. The Morgan fingerprint density at radius 3 is 2.61 bits per heavy atom. The second kappa shape index (κ2) is 7.66. The summed E-state index contributed by atoms with van der Waals surface area (Å²) in [5.74, 6) is -0.390. The van der Waals surface area contributed by atoms with E-state index in [2.05, 4.69) is 25.2 Å². The molecule has 0 fully saturated rings. The molecule has 2 aromatic rings. The molecule has 0 bridgehead atoms. The van der Waals surface area contributed by atoms with Crippen LogP contribution in [0.5, 0.6) is 0 Å². The molecule has 2 amide bonds. The van der Waals surface area contributed by atoms with Crippen molar-refractivity contribution in [2.75, 3.05) is 5.75 Å². The first-order chi connectivity index (χ1) is 10.9. The molecule has 0 unspecified atom stereocenters. The highest BCUT2D eigenvalue weighted by atomic mass is 32.2. The minimum atomic E-state index is -0.400. The Labute approximate surface area is 144 Å². The molecule has 0 aliphatic rings. The number of hydrogen-bond acceptors (Lipinski definition) is 4. The SMILES string of the molecule is Cc1cc([C@@H](C)NC(=O)c2ccccc2SCC(N)=O)c(C)s1. The van der Waals surface area contributed by atoms with Crippen molar-refractivity contribution in [2.24, 2.45) is 5.73 Å². The predicted molar refractivity (Wildman–Crippen MR) is 96.0 cm³/mol. The van der Waals surface area contributed by atoms with E-state index in [-0.39, 0.29) is 17.7 Å². The van der Waals surface area contributed by atoms with Crippen molar-refractivity contribution in [1.82, 2.24) is 5.32 Å². The third kappa shape index (κ3) is 4.59. The van der Waals surface area contributed by atoms with Crippen LogP contribution in [0.3, 0.4) is 0 Å². The molecule has 2 rings (SSSR count). The number of thioether (sulfide) groups is 1. The number of carbonyl (C=O) groups is 2. The van der Waals surface area contributed by atoms with E-state index in [1.54, 1.807) is 17.4 Å². The van der Waals surface area contributed by atoms with Gasteiger partial charge in [0.05, 0.1) is 17.4 Å². The molecule has 1 aromatic heterocycles. The van der Waals surface area contributed by atoms with E-state index < -0.39 is 5.91 Å². The minimum Gasteiger partial charge on any atom is -0.369 e. The highest BCUT2D eigenvalue weighted by Crippen LogP contribution is 2.27. The van der Waals surface area contributed by atoms with Crippen LogP contribution >= 0.6 is 23.1 Å². The van der Waals surface area contributed by atoms with Crippen molar-refractivity contribution in [1.29, 1.82) is 0 Å². The number of benzene rings is 1. The van der Waals surface area contributed by atoms with Gasteiger partial charge in [0.15, 0.2) is 0 Å². The quantitative estimate of drug-likeness (QED) is 0.786. The van der Waals surface area contributed by atoms with Gasteiger partial charge in [-0.25, -0.2) is 0 Å². The Morgan fingerprint density at radius 1 is 1.30 bits per heavy atom. The van der Waals surface area contributed by atoms with Crippen molar-refractivity contribution < 1.29 is 9.59 Å². The molecular formula is C17H20N2O2S2. The average molecular weight is 348 g/mol. The highest BCUT2D eigenvalue weighted by molar-refractivity contribution is 8.00. The van der Waals surface area contributed by atoms with Crippen molar-refractivity contribution in [3.63, 3.8) is 0 Å². The molecule has 1 heterocycles. The second-order valence-corrected chi connectivity index (χ2v) is 7.79. The van der Waals surface area contributed by atoms with Gasteiger partial charge in [0.2, 0.25) is 5.91 Å². The number of hydrogen-bond donors (Lipinski definition) is 2. The molecule has 23 heavy (non-hydrogen) atoms. The minimum absolute atomic E-state index is 0.0679. The lowest BCUT2D eigenvalue weighted by molar-refractivity contribution is -0.115. The topological polar surface area (TPSA) is 72.2 Å². The van der Waals surface area contributed by atoms with Crippen LogP contribution < -0.4 is 11.1 Å². The summed E-state index contributed by atoms with van der Waals surface area (Å²) in [6, 6.07) is 9.29. The summed E-state index contributed by atoms with van der Waals surface area (Å²) in [6.45, 7) is 6.10. The summed E-state index contributed by atoms with van der Waals surface area (Å²) in [6.07, 6.45) is 0. The fourth-order valence-corrected chi connectivity index (χ4v) is 4.17. The van der Waals surface area contributed by atoms with Gasteiger partial charge in [0.1, 0.15) is 0 Å². The Kier molecular flexibility index (Phi) is 5.85. The van der Waals surface area contributed by atoms with Gasteiger partial charge in [-0.3, -0.25) is 9.59 Å². The first-order valence-corrected chi connectivity index (χ1v) is 9.06. The van der Waals surface area contributed by atoms with Crippen LogP contribution in [-0.4, -0.2) is 17.6 Å². The van der Waals surface area contributed by atoms with Crippen LogP contribution in [0.15, 0.2) is 35.2 Å². The van der Waals surface area contributed by atoms with Gasteiger partial charge in [-0.15, -0.1) is 23.1 Å². The van der Waals surface area contributed by atoms with Crippen LogP contribution in [0, 0.1) is 13.8 Å². The molecule has 1 atom stereocenters. The molecule has 122 valence electrons. The largest absolute Gasteiger partial charge is 0.369 e. The second-order valence-electron chi connectivity index (χ2n) is 5.31. The lowest BCUT2D eigenvalue weighted by Crippen LogP contribution is -2.27. The lowest BCUT2D eigenvalue weighted by atomic mass is 10.1. The molecule has 0 aliphatic heterocycles. The summed E-state index contributed by atoms with van der Waals surface area (Å²) < 4.78 is 0. The van der Waals surface area contributed by atoms with Gasteiger partial charge in [-0.05, 0) is 44.5 Å². The molecule has 0 saturated carbocycles. The molecule has 0 aliphatic carbocycles. The molecule has 3 N–H and O–H groups in total. The maximum Gasteiger partial charge on any atom is 0.252 e. The number of thiophene rings is 1. The highest BCUT2D eigenvalue weighted by Gasteiger charge is 2.17. The third-order valence-corrected chi connectivity index (χ3v) is 5.47. The Bertz CT molecular complexity index is 725. The van der Waals surface area contributed by atoms with Gasteiger partial charge in [0.25, 0.3) is 5.91 Å². The van der Waals surface area contributed by atoms with Crippen molar-refractivity contribution in [3.05, 3.63) is 51.2 Å². The molecule has 0 saturated heterocycles. The first-order valence-electron chi connectivity index (χ1n) is 7.26. The number of nitrogens with one attached hydrogen (secondary N) is 1. The summed E-state index contributed by atoms with van der Waals surface area (Å²) >= 11 is 3.01. The van der Waals surface area contributed by atoms with E-state index in [9.17, 15) is 9.59 Å². The van der Waals surface area contributed by atoms with Crippen LogP contribution in [0.2, 0.25) is 0 Å². The number of amides is 2. The van der Waals surface area contributed by atoms with Crippen molar-refractivity contribution in [2.45, 2.75) is 31.7 Å². The zero-order valence-electron chi connectivity index (χ0n) is 13.4. The molecule has 1 aromatic carbocycles. The van der Waals surface area contributed by atoms with E-state index in [4.69, 9.17) is 5.73 Å². The maximum absolute atomic E-state index is 12.6. The van der Waals surface area contributed by atoms with E-state index in [1.807, 2.05) is 25.1 Å². The van der Waals surface area contributed by atoms with Crippen LogP contribution in [-0.2, 0) is 4.79 Å². The van der Waals surface area contributed by atoms with Crippen LogP contribution in [0.1, 0.15) is 38.6 Å². The number of aryl methyl sites for hydroxylation is 2. The Morgan fingerprint density at radius 2 is 2.00 bits per heavy atom. The predicted octanol–water partition coefficient (Wildman–Crippen LogP) is 3.43. The smallest absolute Gasteiger partial charge is 0.252 e. The zero-order chi connectivity index (χ0) is 17.0. The summed E-state index contributed by atoms with van der Waals surface area (Å²) in [4.78, 5) is 26.7. The molecule has 0 spiro atoms. The van der Waals surface area contributed by atoms with E-state index in [1.165, 1.54) is 21.5 Å². The van der Waals surface area contributed by atoms with Crippen LogP contribution in [0.25, 0.3) is 0 Å². The monoisotopic (exact) mass is 348 g/mol. The maximum atomic E-state index is 12.6. The normalized spacial score (nSPS) is 12.0. The molecule has 6 heteroatoms. The molecular weight excluding hydrogens is 328 g/mol. The van der Waals surface area contributed by atoms with Gasteiger partial charge in [0, 0.05) is 14.6 Å². The number of carbonyl (C=O) groups excluding carboxylic acids is 2. The number of primary amides is 1. The lowest BCUT2D eigenvalue weighted by Gasteiger charge is -2.15. The van der Waals surface area contributed by atoms with E-state index in [0.29, 0.717) is 5.56 Å². The first kappa shape index (κ1) is 17.6. The van der Waals surface area contributed by atoms with E-state index >= 15 is 0 Å². The van der Waals surface area contributed by atoms with Crippen molar-refractivity contribution >= 4 is 34.9 Å². The standard InChI is InChI=1S/C17H20N2O2S2/c1-10-8-14(12(3)23-10)11(2)19-17(21)13-6-4-5-7-15(13)22-9-16(18)20/h4-8,11H,9H2,1-3H3,(H2,18,20)(H,19,21)/t11-/m1/s1. The zero-order valence-corrected chi connectivity index (χ0v) is 15.0.